The van der Waals surface area contributed by atoms with Gasteiger partial charge in [-0.05, 0) is 38.1 Å². The van der Waals surface area contributed by atoms with E-state index in [9.17, 15) is 18.0 Å². The average Bonchev–Trinajstić information content (AvgIpc) is 2.85. The molecule has 7 heteroatoms. The lowest BCUT2D eigenvalue weighted by Gasteiger charge is -2.14. The second kappa shape index (κ2) is 5.59. The number of benzene rings is 1. The molecule has 2 rings (SSSR count). The minimum atomic E-state index is -4.78. The monoisotopic (exact) mass is 298 g/mol. The first-order valence-electron chi connectivity index (χ1n) is 6.20. The third-order valence-electron chi connectivity index (χ3n) is 2.82. The topological polar surface area (TPSA) is 44.1 Å². The zero-order valence-corrected chi connectivity index (χ0v) is 11.4. The zero-order valence-electron chi connectivity index (χ0n) is 11.4. The van der Waals surface area contributed by atoms with Crippen LogP contribution in [0.5, 0.6) is 5.75 Å². The van der Waals surface area contributed by atoms with Crippen LogP contribution in [0.25, 0.3) is 11.3 Å². The van der Waals surface area contributed by atoms with Gasteiger partial charge in [0.1, 0.15) is 5.75 Å². The normalized spacial score (nSPS) is 11.7. The SMILES string of the molecule is CC(C)n1nccc1-c1cc(OC(F)(F)F)ccc1C=O. The number of carbonyl (C=O) groups excluding carboxylic acids is 1. The highest BCUT2D eigenvalue weighted by atomic mass is 19.4. The van der Waals surface area contributed by atoms with E-state index < -0.39 is 6.36 Å². The van der Waals surface area contributed by atoms with E-state index in [2.05, 4.69) is 9.84 Å². The highest BCUT2D eigenvalue weighted by Gasteiger charge is 2.31. The number of rotatable bonds is 4. The number of nitrogens with zero attached hydrogens (tertiary/aromatic N) is 2. The number of ether oxygens (including phenoxy) is 1. The van der Waals surface area contributed by atoms with Crippen LogP contribution < -0.4 is 4.74 Å². The van der Waals surface area contributed by atoms with Gasteiger partial charge in [-0.25, -0.2) is 0 Å². The number of aldehydes is 1. The van der Waals surface area contributed by atoms with Crippen LogP contribution >= 0.6 is 0 Å². The summed E-state index contributed by atoms with van der Waals surface area (Å²) in [5.74, 6) is -0.375. The molecule has 0 radical (unpaired) electrons. The van der Waals surface area contributed by atoms with E-state index in [4.69, 9.17) is 0 Å². The number of halogens is 3. The van der Waals surface area contributed by atoms with Crippen LogP contribution in [0.2, 0.25) is 0 Å². The molecule has 0 saturated heterocycles. The number of alkyl halides is 3. The third-order valence-corrected chi connectivity index (χ3v) is 2.82. The van der Waals surface area contributed by atoms with Crippen molar-refractivity contribution in [1.29, 1.82) is 0 Å². The predicted molar refractivity (Wildman–Crippen MR) is 70.1 cm³/mol. The summed E-state index contributed by atoms with van der Waals surface area (Å²) in [6.45, 7) is 3.76. The van der Waals surface area contributed by atoms with Gasteiger partial charge in [0, 0.05) is 23.4 Å². The lowest BCUT2D eigenvalue weighted by Crippen LogP contribution is -2.17. The Hall–Kier alpha value is -2.31. The van der Waals surface area contributed by atoms with E-state index in [1.54, 1.807) is 10.7 Å². The molecule has 0 aliphatic rings. The van der Waals surface area contributed by atoms with Gasteiger partial charge in [0.2, 0.25) is 0 Å². The minimum absolute atomic E-state index is 0.00157. The average molecular weight is 298 g/mol. The molecule has 0 aliphatic heterocycles. The summed E-state index contributed by atoms with van der Waals surface area (Å²) in [6.07, 6.45) is -2.66. The number of carbonyl (C=O) groups is 1. The molecule has 0 amide bonds. The maximum absolute atomic E-state index is 12.3. The first kappa shape index (κ1) is 15.1. The van der Waals surface area contributed by atoms with Gasteiger partial charge in [0.05, 0.1) is 5.69 Å². The second-order valence-corrected chi connectivity index (χ2v) is 4.67. The van der Waals surface area contributed by atoms with E-state index in [0.717, 1.165) is 6.07 Å². The Kier molecular flexibility index (Phi) is 4.02. The Labute approximate surface area is 119 Å². The van der Waals surface area contributed by atoms with Crippen molar-refractivity contribution in [3.8, 4) is 17.0 Å². The summed E-state index contributed by atoms with van der Waals surface area (Å²) in [5, 5.41) is 4.11. The van der Waals surface area contributed by atoms with Crippen LogP contribution in [0.4, 0.5) is 13.2 Å². The molecule has 1 aromatic carbocycles. The maximum Gasteiger partial charge on any atom is 0.573 e. The molecule has 0 saturated carbocycles. The number of hydrogen-bond donors (Lipinski definition) is 0. The molecule has 4 nitrogen and oxygen atoms in total. The first-order chi connectivity index (χ1) is 9.81. The van der Waals surface area contributed by atoms with Crippen LogP contribution in [-0.4, -0.2) is 22.4 Å². The van der Waals surface area contributed by atoms with Gasteiger partial charge in [-0.3, -0.25) is 9.48 Å². The third kappa shape index (κ3) is 3.42. The van der Waals surface area contributed by atoms with Crippen molar-refractivity contribution in [3.05, 3.63) is 36.0 Å². The van der Waals surface area contributed by atoms with Crippen LogP contribution in [0.1, 0.15) is 30.2 Å². The Morgan fingerprint density at radius 3 is 2.57 bits per heavy atom. The van der Waals surface area contributed by atoms with Gasteiger partial charge in [-0.2, -0.15) is 5.10 Å². The van der Waals surface area contributed by atoms with Crippen LogP contribution in [-0.2, 0) is 0 Å². The summed E-state index contributed by atoms with van der Waals surface area (Å²) >= 11 is 0. The Morgan fingerprint density at radius 2 is 2.00 bits per heavy atom. The highest BCUT2D eigenvalue weighted by molar-refractivity contribution is 5.87. The molecule has 0 spiro atoms. The Balaban J connectivity index is 2.52. The fraction of sp³-hybridized carbons (Fsp3) is 0.286. The summed E-state index contributed by atoms with van der Waals surface area (Å²) in [5.41, 5.74) is 1.17. The lowest BCUT2D eigenvalue weighted by molar-refractivity contribution is -0.274. The van der Waals surface area contributed by atoms with E-state index in [-0.39, 0.29) is 17.4 Å². The molecular formula is C14H13F3N2O2. The van der Waals surface area contributed by atoms with Gasteiger partial charge >= 0.3 is 6.36 Å². The van der Waals surface area contributed by atoms with Gasteiger partial charge in [0.15, 0.2) is 6.29 Å². The van der Waals surface area contributed by atoms with Crippen molar-refractivity contribution < 1.29 is 22.7 Å². The van der Waals surface area contributed by atoms with E-state index in [1.807, 2.05) is 13.8 Å². The van der Waals surface area contributed by atoms with Crippen molar-refractivity contribution in [2.24, 2.45) is 0 Å². The fourth-order valence-corrected chi connectivity index (χ4v) is 2.00. The number of hydrogen-bond acceptors (Lipinski definition) is 3. The molecule has 1 heterocycles. The molecular weight excluding hydrogens is 285 g/mol. The standard InChI is InChI=1S/C14H13F3N2O2/c1-9(2)19-13(5-6-18-19)12-7-11(21-14(15,16)17)4-3-10(12)8-20/h3-9H,1-2H3. The summed E-state index contributed by atoms with van der Waals surface area (Å²) in [7, 11) is 0. The van der Waals surface area contributed by atoms with Gasteiger partial charge in [-0.15, -0.1) is 13.2 Å². The number of aromatic nitrogens is 2. The zero-order chi connectivity index (χ0) is 15.6. The summed E-state index contributed by atoms with van der Waals surface area (Å²) in [4.78, 5) is 11.1. The Bertz CT molecular complexity index is 648. The lowest BCUT2D eigenvalue weighted by atomic mass is 10.0. The van der Waals surface area contributed by atoms with Gasteiger partial charge in [-0.1, -0.05) is 0 Å². The summed E-state index contributed by atoms with van der Waals surface area (Å²) in [6, 6.07) is 5.23. The van der Waals surface area contributed by atoms with Crippen molar-refractivity contribution in [1.82, 2.24) is 9.78 Å². The molecule has 21 heavy (non-hydrogen) atoms. The molecule has 112 valence electrons. The molecule has 0 N–H and O–H groups in total. The van der Waals surface area contributed by atoms with Crippen molar-refractivity contribution in [2.75, 3.05) is 0 Å². The van der Waals surface area contributed by atoms with E-state index in [0.29, 0.717) is 17.5 Å². The maximum atomic E-state index is 12.3. The van der Waals surface area contributed by atoms with Gasteiger partial charge < -0.3 is 4.74 Å². The second-order valence-electron chi connectivity index (χ2n) is 4.67. The van der Waals surface area contributed by atoms with E-state index in [1.165, 1.54) is 18.3 Å². The largest absolute Gasteiger partial charge is 0.573 e. The summed E-state index contributed by atoms with van der Waals surface area (Å²) < 4.78 is 42.4. The quantitative estimate of drug-likeness (QED) is 0.805. The molecule has 0 unspecified atom stereocenters. The van der Waals surface area contributed by atoms with Crippen molar-refractivity contribution in [3.63, 3.8) is 0 Å². The molecule has 0 fully saturated rings. The van der Waals surface area contributed by atoms with Crippen LogP contribution in [0, 0.1) is 0 Å². The van der Waals surface area contributed by atoms with Gasteiger partial charge in [0.25, 0.3) is 0 Å². The molecule has 1 aromatic heterocycles. The first-order valence-corrected chi connectivity index (χ1v) is 6.20. The molecule has 0 bridgehead atoms. The fourth-order valence-electron chi connectivity index (χ4n) is 2.00. The van der Waals surface area contributed by atoms with E-state index >= 15 is 0 Å². The van der Waals surface area contributed by atoms with Crippen LogP contribution in [0.15, 0.2) is 30.5 Å². The van der Waals surface area contributed by atoms with Crippen LogP contribution in [0.3, 0.4) is 0 Å². The van der Waals surface area contributed by atoms with Crippen molar-refractivity contribution >= 4 is 6.29 Å². The Morgan fingerprint density at radius 1 is 1.29 bits per heavy atom. The minimum Gasteiger partial charge on any atom is -0.406 e. The molecule has 2 aromatic rings. The molecule has 0 aliphatic carbocycles. The predicted octanol–water partition coefficient (Wildman–Crippen LogP) is 3.84. The van der Waals surface area contributed by atoms with Crippen molar-refractivity contribution in [2.45, 2.75) is 26.3 Å². The smallest absolute Gasteiger partial charge is 0.406 e. The highest BCUT2D eigenvalue weighted by Crippen LogP contribution is 2.31. The molecule has 0 atom stereocenters.